The van der Waals surface area contributed by atoms with Gasteiger partial charge in [-0.15, -0.1) is 0 Å². The number of aliphatic carboxylic acids is 1. The van der Waals surface area contributed by atoms with E-state index in [2.05, 4.69) is 0 Å². The van der Waals surface area contributed by atoms with E-state index in [1.165, 1.54) is 7.11 Å². The molecule has 3 atom stereocenters. The van der Waals surface area contributed by atoms with Gasteiger partial charge in [0.25, 0.3) is 0 Å². The van der Waals surface area contributed by atoms with Gasteiger partial charge in [-0.1, -0.05) is 20.8 Å². The molecule has 86 valence electrons. The molecule has 1 aliphatic carbocycles. The van der Waals surface area contributed by atoms with Crippen molar-refractivity contribution < 1.29 is 19.4 Å². The second-order valence-electron chi connectivity index (χ2n) is 4.91. The molecule has 0 aliphatic heterocycles. The van der Waals surface area contributed by atoms with Gasteiger partial charge in [0.1, 0.15) is 0 Å². The first-order valence-corrected chi connectivity index (χ1v) is 5.11. The molecule has 0 N–H and O–H groups in total. The zero-order chi connectivity index (χ0) is 11.8. The fourth-order valence-corrected chi connectivity index (χ4v) is 2.82. The Bertz CT molecular complexity index is 282. The number of hydrogen-bond acceptors (Lipinski definition) is 4. The van der Waals surface area contributed by atoms with Gasteiger partial charge in [-0.25, -0.2) is 0 Å². The number of carboxylic acids is 1. The molecule has 0 bridgehead atoms. The lowest BCUT2D eigenvalue weighted by molar-refractivity contribution is -0.314. The van der Waals surface area contributed by atoms with Gasteiger partial charge >= 0.3 is 5.97 Å². The Morgan fingerprint density at radius 1 is 1.40 bits per heavy atom. The molecule has 4 nitrogen and oxygen atoms in total. The second kappa shape index (κ2) is 3.83. The molecule has 4 heteroatoms. The molecule has 1 saturated carbocycles. The van der Waals surface area contributed by atoms with Crippen molar-refractivity contribution >= 4 is 11.9 Å². The average molecular weight is 213 g/mol. The van der Waals surface area contributed by atoms with Crippen LogP contribution in [0.15, 0.2) is 0 Å². The van der Waals surface area contributed by atoms with Crippen LogP contribution in [0, 0.1) is 23.2 Å². The van der Waals surface area contributed by atoms with Crippen molar-refractivity contribution in [3.8, 4) is 0 Å². The molecule has 1 fully saturated rings. The molecule has 0 spiro atoms. The van der Waals surface area contributed by atoms with E-state index in [1.807, 2.05) is 6.92 Å². The predicted molar refractivity (Wildman–Crippen MR) is 51.6 cm³/mol. The Balaban J connectivity index is 3.00. The molecular formula is C11H17O4-. The Morgan fingerprint density at radius 3 is 2.27 bits per heavy atom. The maximum atomic E-state index is 11.6. The zero-order valence-electron chi connectivity index (χ0n) is 9.57. The molecule has 1 aliphatic rings. The molecule has 0 amide bonds. The third-order valence-corrected chi connectivity index (χ3v) is 3.62. The first-order chi connectivity index (χ1) is 6.82. The van der Waals surface area contributed by atoms with Crippen LogP contribution in [0.3, 0.4) is 0 Å². The standard InChI is InChI=1S/C11H18O4/c1-6-5-7(9(12)13)11(2,3)8(6)10(14)15-4/h6-8H,5H2,1-4H3,(H,12,13)/p-1/t6-,7+,8-/m1/s1. The highest BCUT2D eigenvalue weighted by atomic mass is 16.5. The molecule has 1 rings (SSSR count). The van der Waals surface area contributed by atoms with Crippen LogP contribution in [0.1, 0.15) is 27.2 Å². The fourth-order valence-electron chi connectivity index (χ4n) is 2.82. The van der Waals surface area contributed by atoms with Crippen molar-refractivity contribution in [2.75, 3.05) is 7.11 Å². The molecule has 15 heavy (non-hydrogen) atoms. The summed E-state index contributed by atoms with van der Waals surface area (Å²) in [6.45, 7) is 5.46. The van der Waals surface area contributed by atoms with E-state index in [-0.39, 0.29) is 17.8 Å². The van der Waals surface area contributed by atoms with Crippen molar-refractivity contribution in [3.63, 3.8) is 0 Å². The van der Waals surface area contributed by atoms with E-state index < -0.39 is 17.3 Å². The van der Waals surface area contributed by atoms with Crippen LogP contribution >= 0.6 is 0 Å². The van der Waals surface area contributed by atoms with Gasteiger partial charge in [0.2, 0.25) is 0 Å². The van der Waals surface area contributed by atoms with Gasteiger partial charge in [0.05, 0.1) is 13.0 Å². The summed E-state index contributed by atoms with van der Waals surface area (Å²) in [6, 6.07) is 0. The van der Waals surface area contributed by atoms with Crippen LogP contribution in [0.5, 0.6) is 0 Å². The number of esters is 1. The monoisotopic (exact) mass is 213 g/mol. The van der Waals surface area contributed by atoms with Gasteiger partial charge in [-0.05, 0) is 17.8 Å². The van der Waals surface area contributed by atoms with E-state index in [4.69, 9.17) is 4.74 Å². The van der Waals surface area contributed by atoms with Crippen molar-refractivity contribution in [1.29, 1.82) is 0 Å². The molecule has 0 radical (unpaired) electrons. The number of carbonyl (C=O) groups is 2. The summed E-state index contributed by atoms with van der Waals surface area (Å²) in [5, 5.41) is 11.0. The van der Waals surface area contributed by atoms with Gasteiger partial charge in [0.15, 0.2) is 0 Å². The van der Waals surface area contributed by atoms with Crippen LogP contribution in [-0.2, 0) is 14.3 Å². The second-order valence-corrected chi connectivity index (χ2v) is 4.91. The minimum absolute atomic E-state index is 0.0235. The quantitative estimate of drug-likeness (QED) is 0.615. The fraction of sp³-hybridized carbons (Fsp3) is 0.818. The van der Waals surface area contributed by atoms with Crippen LogP contribution in [0.25, 0.3) is 0 Å². The largest absolute Gasteiger partial charge is 0.550 e. The van der Waals surface area contributed by atoms with E-state index in [0.717, 1.165) is 0 Å². The Morgan fingerprint density at radius 2 is 1.93 bits per heavy atom. The summed E-state index contributed by atoms with van der Waals surface area (Å²) < 4.78 is 4.72. The summed E-state index contributed by atoms with van der Waals surface area (Å²) in [6.07, 6.45) is 0.481. The van der Waals surface area contributed by atoms with Crippen LogP contribution in [0.2, 0.25) is 0 Å². The maximum Gasteiger partial charge on any atom is 0.309 e. The van der Waals surface area contributed by atoms with Gasteiger partial charge in [-0.2, -0.15) is 0 Å². The Kier molecular flexibility index (Phi) is 3.07. The topological polar surface area (TPSA) is 66.4 Å². The van der Waals surface area contributed by atoms with Crippen molar-refractivity contribution in [3.05, 3.63) is 0 Å². The lowest BCUT2D eigenvalue weighted by Gasteiger charge is -2.32. The van der Waals surface area contributed by atoms with E-state index in [1.54, 1.807) is 13.8 Å². The van der Waals surface area contributed by atoms with Gasteiger partial charge in [-0.3, -0.25) is 4.79 Å². The molecular weight excluding hydrogens is 196 g/mol. The van der Waals surface area contributed by atoms with Gasteiger partial charge in [0, 0.05) is 11.9 Å². The summed E-state index contributed by atoms with van der Waals surface area (Å²) >= 11 is 0. The van der Waals surface area contributed by atoms with Crippen molar-refractivity contribution in [2.24, 2.45) is 23.2 Å². The number of carboxylic acid groups (broad SMARTS) is 1. The maximum absolute atomic E-state index is 11.6. The minimum atomic E-state index is -1.07. The Hall–Kier alpha value is -1.06. The third kappa shape index (κ3) is 1.85. The van der Waals surface area contributed by atoms with Crippen LogP contribution in [0.4, 0.5) is 0 Å². The Labute approximate surface area is 89.6 Å². The number of ether oxygens (including phenoxy) is 1. The highest BCUT2D eigenvalue weighted by molar-refractivity contribution is 5.77. The molecule has 0 unspecified atom stereocenters. The summed E-state index contributed by atoms with van der Waals surface area (Å²) in [5.41, 5.74) is -0.592. The van der Waals surface area contributed by atoms with Crippen LogP contribution < -0.4 is 5.11 Å². The number of methoxy groups -OCH3 is 1. The van der Waals surface area contributed by atoms with E-state index in [9.17, 15) is 14.7 Å². The molecule has 0 heterocycles. The highest BCUT2D eigenvalue weighted by Crippen LogP contribution is 2.50. The molecule has 0 saturated heterocycles. The average Bonchev–Trinajstić information content (AvgIpc) is 2.35. The first-order valence-electron chi connectivity index (χ1n) is 5.11. The lowest BCUT2D eigenvalue weighted by Crippen LogP contribution is -2.41. The smallest absolute Gasteiger partial charge is 0.309 e. The van der Waals surface area contributed by atoms with Crippen molar-refractivity contribution in [2.45, 2.75) is 27.2 Å². The number of carbonyl (C=O) groups excluding carboxylic acids is 2. The van der Waals surface area contributed by atoms with Crippen LogP contribution in [-0.4, -0.2) is 19.0 Å². The summed E-state index contributed by atoms with van der Waals surface area (Å²) in [5.74, 6) is -2.30. The van der Waals surface area contributed by atoms with Gasteiger partial charge < -0.3 is 14.6 Å². The van der Waals surface area contributed by atoms with Crippen molar-refractivity contribution in [1.82, 2.24) is 0 Å². The predicted octanol–water partition coefficient (Wildman–Crippen LogP) is 0.208. The normalized spacial score (nSPS) is 33.7. The first kappa shape index (κ1) is 12.0. The lowest BCUT2D eigenvalue weighted by atomic mass is 9.74. The zero-order valence-corrected chi connectivity index (χ0v) is 9.57. The minimum Gasteiger partial charge on any atom is -0.550 e. The van der Waals surface area contributed by atoms with E-state index >= 15 is 0 Å². The molecule has 0 aromatic rings. The summed E-state index contributed by atoms with van der Waals surface area (Å²) in [7, 11) is 1.33. The highest BCUT2D eigenvalue weighted by Gasteiger charge is 2.51. The number of hydrogen-bond donors (Lipinski definition) is 0. The third-order valence-electron chi connectivity index (χ3n) is 3.62. The molecule has 0 aromatic heterocycles. The van der Waals surface area contributed by atoms with E-state index in [0.29, 0.717) is 6.42 Å². The SMILES string of the molecule is COC(=O)[C@H]1[C@H](C)C[C@@H](C(=O)[O-])C1(C)C. The number of rotatable bonds is 2. The molecule has 0 aromatic carbocycles. The summed E-state index contributed by atoms with van der Waals surface area (Å²) in [4.78, 5) is 22.5.